The number of carbonyl (C=O) groups excluding carboxylic acids is 2. The van der Waals surface area contributed by atoms with E-state index in [-0.39, 0.29) is 35.6 Å². The lowest BCUT2D eigenvalue weighted by Gasteiger charge is -2.49. The van der Waals surface area contributed by atoms with Gasteiger partial charge in [0.15, 0.2) is 11.6 Å². The SMILES string of the molecule is CC(C)C1CCC(C)(C(=O)C(O)CO)CC1OC1CC(C)(C(=O)C(O)CO)CCC1C(C)C. The fraction of sp³-hybridized carbons (Fsp3) is 0.923. The van der Waals surface area contributed by atoms with Gasteiger partial charge in [0.1, 0.15) is 12.2 Å². The minimum absolute atomic E-state index is 0.204. The van der Waals surface area contributed by atoms with Crippen LogP contribution < -0.4 is 0 Å². The van der Waals surface area contributed by atoms with Crippen LogP contribution in [0.15, 0.2) is 0 Å². The van der Waals surface area contributed by atoms with Crippen LogP contribution in [0.3, 0.4) is 0 Å². The third-order valence-electron chi connectivity index (χ3n) is 8.52. The van der Waals surface area contributed by atoms with Crippen molar-refractivity contribution in [2.45, 2.75) is 104 Å². The monoisotopic (exact) mass is 470 g/mol. The van der Waals surface area contributed by atoms with Crippen LogP contribution in [-0.2, 0) is 14.3 Å². The van der Waals surface area contributed by atoms with E-state index in [4.69, 9.17) is 4.74 Å². The molecule has 2 saturated carbocycles. The van der Waals surface area contributed by atoms with Gasteiger partial charge in [-0.1, -0.05) is 41.5 Å². The number of rotatable bonds is 10. The Labute approximate surface area is 198 Å². The number of hydrogen-bond donors (Lipinski definition) is 4. The number of aliphatic hydroxyl groups excluding tert-OH is 4. The van der Waals surface area contributed by atoms with Crippen molar-refractivity contribution in [3.05, 3.63) is 0 Å². The molecule has 4 N–H and O–H groups in total. The molecule has 192 valence electrons. The molecule has 2 fully saturated rings. The lowest BCUT2D eigenvalue weighted by molar-refractivity contribution is -0.167. The quantitative estimate of drug-likeness (QED) is 0.387. The van der Waals surface area contributed by atoms with E-state index < -0.39 is 36.3 Å². The molecule has 0 radical (unpaired) electrons. The average molecular weight is 471 g/mol. The zero-order chi connectivity index (χ0) is 25.1. The number of ketones is 2. The second kappa shape index (κ2) is 11.3. The molecule has 2 aliphatic carbocycles. The number of aliphatic hydroxyl groups is 4. The number of hydrogen-bond acceptors (Lipinski definition) is 7. The lowest BCUT2D eigenvalue weighted by atomic mass is 9.63. The second-order valence-corrected chi connectivity index (χ2v) is 11.8. The van der Waals surface area contributed by atoms with E-state index in [1.54, 1.807) is 0 Å². The van der Waals surface area contributed by atoms with Crippen LogP contribution >= 0.6 is 0 Å². The molecular formula is C26H46O7. The molecule has 0 saturated heterocycles. The summed E-state index contributed by atoms with van der Waals surface area (Å²) in [5.41, 5.74) is -1.54. The Kier molecular flexibility index (Phi) is 9.68. The molecule has 0 aromatic rings. The highest BCUT2D eigenvalue weighted by atomic mass is 16.5. The summed E-state index contributed by atoms with van der Waals surface area (Å²) in [6.07, 6.45) is 0.632. The molecular weight excluding hydrogens is 424 g/mol. The van der Waals surface area contributed by atoms with Gasteiger partial charge in [-0.05, 0) is 62.2 Å². The number of Topliss-reactive ketones (excluding diaryl/α,β-unsaturated/α-hetero) is 2. The van der Waals surface area contributed by atoms with E-state index in [2.05, 4.69) is 27.7 Å². The molecule has 33 heavy (non-hydrogen) atoms. The van der Waals surface area contributed by atoms with E-state index in [9.17, 15) is 30.0 Å². The van der Waals surface area contributed by atoms with Gasteiger partial charge < -0.3 is 25.2 Å². The normalized spacial score (nSPS) is 37.2. The predicted octanol–water partition coefficient (Wildman–Crippen LogP) is 2.51. The third-order valence-corrected chi connectivity index (χ3v) is 8.52. The Morgan fingerprint density at radius 3 is 1.39 bits per heavy atom. The van der Waals surface area contributed by atoms with Crippen molar-refractivity contribution >= 4 is 11.6 Å². The van der Waals surface area contributed by atoms with E-state index in [0.29, 0.717) is 37.5 Å². The van der Waals surface area contributed by atoms with Gasteiger partial charge in [-0.25, -0.2) is 0 Å². The molecule has 8 atom stereocenters. The van der Waals surface area contributed by atoms with Gasteiger partial charge in [-0.15, -0.1) is 0 Å². The standard InChI is InChI=1S/C26H46O7/c1-15(2)17-7-9-25(5,23(31)19(29)13-27)11-21(17)33-22-12-26(6,24(32)20(30)14-28)10-8-18(22)16(3)4/h15-22,27-30H,7-14H2,1-6H3. The van der Waals surface area contributed by atoms with Crippen LogP contribution in [0.25, 0.3) is 0 Å². The summed E-state index contributed by atoms with van der Waals surface area (Å²) in [7, 11) is 0. The summed E-state index contributed by atoms with van der Waals surface area (Å²) >= 11 is 0. The first-order valence-electron chi connectivity index (χ1n) is 12.6. The molecule has 8 unspecified atom stereocenters. The first-order valence-corrected chi connectivity index (χ1v) is 12.6. The summed E-state index contributed by atoms with van der Waals surface area (Å²) < 4.78 is 6.81. The van der Waals surface area contributed by atoms with Gasteiger partial charge >= 0.3 is 0 Å². The van der Waals surface area contributed by atoms with E-state index in [0.717, 1.165) is 12.8 Å². The molecule has 0 spiro atoms. The summed E-state index contributed by atoms with van der Waals surface area (Å²) in [5.74, 6) is 0.520. The molecule has 0 aromatic carbocycles. The molecule has 0 aliphatic heterocycles. The van der Waals surface area contributed by atoms with E-state index in [1.165, 1.54) is 0 Å². The summed E-state index contributed by atoms with van der Waals surface area (Å²) in [4.78, 5) is 25.8. The fourth-order valence-electron chi connectivity index (χ4n) is 6.20. The first kappa shape index (κ1) is 28.4. The highest BCUT2D eigenvalue weighted by Crippen LogP contribution is 2.48. The van der Waals surface area contributed by atoms with Gasteiger partial charge in [0.2, 0.25) is 0 Å². The topological polar surface area (TPSA) is 124 Å². The van der Waals surface area contributed by atoms with Crippen LogP contribution in [0.4, 0.5) is 0 Å². The van der Waals surface area contributed by atoms with Crippen molar-refractivity contribution < 1.29 is 34.8 Å². The summed E-state index contributed by atoms with van der Waals surface area (Å²) in [5, 5.41) is 38.7. The highest BCUT2D eigenvalue weighted by Gasteiger charge is 2.50. The zero-order valence-electron chi connectivity index (χ0n) is 21.3. The fourth-order valence-corrected chi connectivity index (χ4v) is 6.20. The maximum Gasteiger partial charge on any atom is 0.169 e. The highest BCUT2D eigenvalue weighted by molar-refractivity contribution is 5.89. The predicted molar refractivity (Wildman–Crippen MR) is 125 cm³/mol. The Hall–Kier alpha value is -0.860. The van der Waals surface area contributed by atoms with Crippen LogP contribution in [0.2, 0.25) is 0 Å². The third kappa shape index (κ3) is 6.23. The maximum atomic E-state index is 12.9. The molecule has 7 heteroatoms. The second-order valence-electron chi connectivity index (χ2n) is 11.8. The summed E-state index contributed by atoms with van der Waals surface area (Å²) in [6.45, 7) is 11.2. The van der Waals surface area contributed by atoms with Gasteiger partial charge in [0.25, 0.3) is 0 Å². The van der Waals surface area contributed by atoms with Crippen LogP contribution in [0.5, 0.6) is 0 Å². The lowest BCUT2D eigenvalue weighted by Crippen LogP contribution is -2.51. The molecule has 0 aromatic heterocycles. The first-order chi connectivity index (χ1) is 15.3. The molecule has 7 nitrogen and oxygen atoms in total. The number of carbonyl (C=O) groups is 2. The minimum atomic E-state index is -1.38. The van der Waals surface area contributed by atoms with E-state index in [1.807, 2.05) is 13.8 Å². The Balaban J connectivity index is 2.31. The van der Waals surface area contributed by atoms with Crippen molar-refractivity contribution in [3.8, 4) is 0 Å². The zero-order valence-corrected chi connectivity index (χ0v) is 21.3. The largest absolute Gasteiger partial charge is 0.393 e. The van der Waals surface area contributed by atoms with Crippen LogP contribution in [0.1, 0.15) is 80.1 Å². The van der Waals surface area contributed by atoms with Crippen molar-refractivity contribution in [2.75, 3.05) is 13.2 Å². The van der Waals surface area contributed by atoms with Crippen molar-refractivity contribution in [2.24, 2.45) is 34.5 Å². The van der Waals surface area contributed by atoms with Crippen molar-refractivity contribution in [1.82, 2.24) is 0 Å². The van der Waals surface area contributed by atoms with Crippen LogP contribution in [0, 0.1) is 34.5 Å². The molecule has 2 aliphatic rings. The maximum absolute atomic E-state index is 12.9. The van der Waals surface area contributed by atoms with Gasteiger partial charge in [0.05, 0.1) is 25.4 Å². The molecule has 0 amide bonds. The van der Waals surface area contributed by atoms with Gasteiger partial charge in [-0.3, -0.25) is 9.59 Å². The van der Waals surface area contributed by atoms with Gasteiger partial charge in [-0.2, -0.15) is 0 Å². The average Bonchev–Trinajstić information content (AvgIpc) is 2.76. The summed E-state index contributed by atoms with van der Waals surface area (Å²) in [6, 6.07) is 0. The van der Waals surface area contributed by atoms with Crippen molar-refractivity contribution in [3.63, 3.8) is 0 Å². The minimum Gasteiger partial charge on any atom is -0.393 e. The van der Waals surface area contributed by atoms with Gasteiger partial charge in [0, 0.05) is 10.8 Å². The molecule has 0 bridgehead atoms. The molecule has 2 rings (SSSR count). The smallest absolute Gasteiger partial charge is 0.169 e. The van der Waals surface area contributed by atoms with Crippen LogP contribution in [-0.4, -0.2) is 69.6 Å². The Bertz CT molecular complexity index is 622. The molecule has 0 heterocycles. The van der Waals surface area contributed by atoms with E-state index >= 15 is 0 Å². The van der Waals surface area contributed by atoms with Crippen molar-refractivity contribution in [1.29, 1.82) is 0 Å². The Morgan fingerprint density at radius 1 is 0.788 bits per heavy atom. The number of ether oxygens (including phenoxy) is 1. The Morgan fingerprint density at radius 2 is 1.12 bits per heavy atom.